The van der Waals surface area contributed by atoms with Crippen molar-refractivity contribution in [2.24, 2.45) is 0 Å². The van der Waals surface area contributed by atoms with E-state index in [-0.39, 0.29) is 5.60 Å². The largest absolute Gasteiger partial charge is 0.462 e. The molecule has 0 spiro atoms. The first kappa shape index (κ1) is 17.1. The molecule has 0 bridgehead atoms. The number of hydrogen-bond donors (Lipinski definition) is 2. The zero-order chi connectivity index (χ0) is 15.0. The quantitative estimate of drug-likeness (QED) is 0.825. The molecule has 0 aromatic heterocycles. The highest BCUT2D eigenvalue weighted by atomic mass is 79.9. The zero-order valence-electron chi connectivity index (χ0n) is 12.3. The van der Waals surface area contributed by atoms with Crippen molar-refractivity contribution < 1.29 is 9.53 Å². The molecule has 112 valence electrons. The summed E-state index contributed by atoms with van der Waals surface area (Å²) in [6.07, 6.45) is 0. The Hall–Kier alpha value is -0.910. The van der Waals surface area contributed by atoms with E-state index in [1.54, 1.807) is 0 Å². The molecule has 1 fully saturated rings. The Balaban J connectivity index is 0.000000246. The second-order valence-electron chi connectivity index (χ2n) is 5.69. The van der Waals surface area contributed by atoms with E-state index in [4.69, 9.17) is 0 Å². The van der Waals surface area contributed by atoms with E-state index in [1.165, 1.54) is 5.56 Å². The molecule has 1 aliphatic rings. The van der Waals surface area contributed by atoms with E-state index in [2.05, 4.69) is 55.6 Å². The number of rotatable bonds is 4. The molecule has 0 saturated carbocycles. The minimum atomic E-state index is -0.318. The van der Waals surface area contributed by atoms with Gasteiger partial charge in [-0.1, -0.05) is 28.1 Å². The summed E-state index contributed by atoms with van der Waals surface area (Å²) in [5.41, 5.74) is 1.02. The van der Waals surface area contributed by atoms with Gasteiger partial charge in [-0.3, -0.25) is 4.79 Å². The Morgan fingerprint density at radius 2 is 1.95 bits per heavy atom. The molecule has 1 aromatic rings. The molecule has 0 radical (unpaired) electrons. The smallest absolute Gasteiger partial charge is 0.293 e. The van der Waals surface area contributed by atoms with Crippen molar-refractivity contribution >= 4 is 22.4 Å². The normalized spacial score (nSPS) is 14.8. The summed E-state index contributed by atoms with van der Waals surface area (Å²) >= 11 is 3.42. The Morgan fingerprint density at radius 1 is 1.35 bits per heavy atom. The Kier molecular flexibility index (Phi) is 7.19. The Morgan fingerprint density at radius 3 is 2.30 bits per heavy atom. The fourth-order valence-electron chi connectivity index (χ4n) is 1.44. The van der Waals surface area contributed by atoms with Gasteiger partial charge in [0.25, 0.3) is 6.47 Å². The maximum atomic E-state index is 9.60. The number of carbonyl (C=O) groups is 1. The van der Waals surface area contributed by atoms with Gasteiger partial charge in [0, 0.05) is 30.1 Å². The summed E-state index contributed by atoms with van der Waals surface area (Å²) in [4.78, 5) is 9.60. The lowest BCUT2D eigenvalue weighted by Crippen LogP contribution is -2.54. The van der Waals surface area contributed by atoms with Crippen LogP contribution in [0.4, 0.5) is 0 Å². The topological polar surface area (TPSA) is 50.4 Å². The molecular weight excluding hydrogens is 320 g/mol. The molecule has 2 rings (SSSR count). The summed E-state index contributed by atoms with van der Waals surface area (Å²) in [6.45, 7) is 9.11. The lowest BCUT2D eigenvalue weighted by molar-refractivity contribution is -0.138. The lowest BCUT2D eigenvalue weighted by atomic mass is 10.1. The molecule has 5 heteroatoms. The van der Waals surface area contributed by atoms with Gasteiger partial charge in [0.15, 0.2) is 0 Å². The van der Waals surface area contributed by atoms with Crippen LogP contribution in [-0.2, 0) is 16.1 Å². The number of hydrogen-bond acceptors (Lipinski definition) is 4. The van der Waals surface area contributed by atoms with Gasteiger partial charge in [-0.2, -0.15) is 0 Å². The Labute approximate surface area is 129 Å². The summed E-state index contributed by atoms with van der Waals surface area (Å²) < 4.78 is 5.69. The molecule has 1 saturated heterocycles. The number of halogens is 1. The van der Waals surface area contributed by atoms with Crippen LogP contribution in [0.1, 0.15) is 26.3 Å². The first-order valence-corrected chi connectivity index (χ1v) is 7.50. The SMILES string of the molecule is Brc1ccc(CNC2CNC2)cc1.CC(C)(C)OC=O. The number of nitrogens with one attached hydrogen (secondary N) is 2. The second kappa shape index (κ2) is 8.39. The molecule has 0 aliphatic carbocycles. The van der Waals surface area contributed by atoms with Crippen LogP contribution in [-0.4, -0.2) is 31.2 Å². The van der Waals surface area contributed by atoms with Crippen molar-refractivity contribution in [2.45, 2.75) is 39.0 Å². The highest BCUT2D eigenvalue weighted by molar-refractivity contribution is 9.10. The monoisotopic (exact) mass is 342 g/mol. The van der Waals surface area contributed by atoms with E-state index >= 15 is 0 Å². The van der Waals surface area contributed by atoms with E-state index in [0.717, 1.165) is 24.1 Å². The maximum absolute atomic E-state index is 9.60. The summed E-state index contributed by atoms with van der Waals surface area (Å²) in [5, 5.41) is 6.71. The van der Waals surface area contributed by atoms with Gasteiger partial charge in [-0.15, -0.1) is 0 Å². The maximum Gasteiger partial charge on any atom is 0.293 e. The van der Waals surface area contributed by atoms with Crippen LogP contribution >= 0.6 is 15.9 Å². The van der Waals surface area contributed by atoms with Crippen LogP contribution in [0.15, 0.2) is 28.7 Å². The second-order valence-corrected chi connectivity index (χ2v) is 6.60. The van der Waals surface area contributed by atoms with Gasteiger partial charge >= 0.3 is 0 Å². The zero-order valence-corrected chi connectivity index (χ0v) is 13.9. The van der Waals surface area contributed by atoms with E-state index in [1.807, 2.05) is 20.8 Å². The van der Waals surface area contributed by atoms with Crippen LogP contribution < -0.4 is 10.6 Å². The average Bonchev–Trinajstić information content (AvgIpc) is 2.29. The fraction of sp³-hybridized carbons (Fsp3) is 0.533. The first-order chi connectivity index (χ1) is 9.40. The molecule has 0 amide bonds. The van der Waals surface area contributed by atoms with Gasteiger partial charge in [0.2, 0.25) is 0 Å². The summed E-state index contributed by atoms with van der Waals surface area (Å²) in [6, 6.07) is 9.11. The molecular formula is C15H23BrN2O2. The number of ether oxygens (including phenoxy) is 1. The molecule has 0 atom stereocenters. The van der Waals surface area contributed by atoms with Crippen LogP contribution in [0.2, 0.25) is 0 Å². The Bertz CT molecular complexity index is 397. The van der Waals surface area contributed by atoms with Crippen molar-refractivity contribution in [2.75, 3.05) is 13.1 Å². The number of carbonyl (C=O) groups excluding carboxylic acids is 1. The minimum absolute atomic E-state index is 0.318. The average molecular weight is 343 g/mol. The van der Waals surface area contributed by atoms with Crippen LogP contribution in [0.5, 0.6) is 0 Å². The van der Waals surface area contributed by atoms with Gasteiger partial charge < -0.3 is 15.4 Å². The molecule has 20 heavy (non-hydrogen) atoms. The van der Waals surface area contributed by atoms with Gasteiger partial charge in [0.05, 0.1) is 0 Å². The van der Waals surface area contributed by atoms with Crippen molar-refractivity contribution in [3.63, 3.8) is 0 Å². The van der Waals surface area contributed by atoms with Crippen molar-refractivity contribution in [1.82, 2.24) is 10.6 Å². The molecule has 2 N–H and O–H groups in total. The van der Waals surface area contributed by atoms with E-state index in [0.29, 0.717) is 12.5 Å². The van der Waals surface area contributed by atoms with Gasteiger partial charge in [-0.25, -0.2) is 0 Å². The van der Waals surface area contributed by atoms with E-state index < -0.39 is 0 Å². The van der Waals surface area contributed by atoms with Crippen LogP contribution in [0, 0.1) is 0 Å². The summed E-state index contributed by atoms with van der Waals surface area (Å²) in [5.74, 6) is 0. The van der Waals surface area contributed by atoms with Crippen molar-refractivity contribution in [3.05, 3.63) is 34.3 Å². The minimum Gasteiger partial charge on any atom is -0.462 e. The molecule has 1 aromatic carbocycles. The molecule has 4 nitrogen and oxygen atoms in total. The highest BCUT2D eigenvalue weighted by Gasteiger charge is 2.14. The molecule has 1 aliphatic heterocycles. The van der Waals surface area contributed by atoms with Crippen molar-refractivity contribution in [3.8, 4) is 0 Å². The molecule has 0 unspecified atom stereocenters. The van der Waals surface area contributed by atoms with E-state index in [9.17, 15) is 4.79 Å². The predicted octanol–water partition coefficient (Wildman–Crippen LogP) is 2.47. The van der Waals surface area contributed by atoms with Gasteiger partial charge in [-0.05, 0) is 38.5 Å². The third-order valence-electron chi connectivity index (χ3n) is 2.69. The first-order valence-electron chi connectivity index (χ1n) is 6.71. The standard InChI is InChI=1S/C10H13BrN2.C5H10O2/c11-9-3-1-8(2-4-9)5-13-10-6-12-7-10;1-5(2,3)7-4-6/h1-4,10,12-13H,5-7H2;4H,1-3H3. The van der Waals surface area contributed by atoms with Crippen molar-refractivity contribution in [1.29, 1.82) is 0 Å². The summed E-state index contributed by atoms with van der Waals surface area (Å²) in [7, 11) is 0. The lowest BCUT2D eigenvalue weighted by Gasteiger charge is -2.28. The fourth-order valence-corrected chi connectivity index (χ4v) is 1.71. The predicted molar refractivity (Wildman–Crippen MR) is 84.5 cm³/mol. The number of benzene rings is 1. The van der Waals surface area contributed by atoms with Gasteiger partial charge in [0.1, 0.15) is 5.60 Å². The van der Waals surface area contributed by atoms with Crippen LogP contribution in [0.3, 0.4) is 0 Å². The van der Waals surface area contributed by atoms with Crippen LogP contribution in [0.25, 0.3) is 0 Å². The molecule has 1 heterocycles. The third-order valence-corrected chi connectivity index (χ3v) is 3.22. The third kappa shape index (κ3) is 7.62. The highest BCUT2D eigenvalue weighted by Crippen LogP contribution is 2.10.